The summed E-state index contributed by atoms with van der Waals surface area (Å²) in [6, 6.07) is 7.34. The van der Waals surface area contributed by atoms with Gasteiger partial charge in [-0.3, -0.25) is 9.31 Å². The van der Waals surface area contributed by atoms with Crippen LogP contribution in [0.3, 0.4) is 0 Å². The fourth-order valence-electron chi connectivity index (χ4n) is 1.58. The molecule has 0 aliphatic rings. The lowest BCUT2D eigenvalue weighted by atomic mass is 10.4. The van der Waals surface area contributed by atoms with Gasteiger partial charge in [-0.25, -0.2) is 4.52 Å². The van der Waals surface area contributed by atoms with Gasteiger partial charge in [0.05, 0.1) is 5.52 Å². The first kappa shape index (κ1) is 5.83. The molecule has 0 spiro atoms. The summed E-state index contributed by atoms with van der Waals surface area (Å²) >= 11 is 0. The molecule has 0 unspecified atom stereocenters. The number of rotatable bonds is 0. The predicted molar refractivity (Wildman–Crippen MR) is 45.8 cm³/mol. The molecular weight excluding hydrogens is 152 g/mol. The summed E-state index contributed by atoms with van der Waals surface area (Å²) < 4.78 is 3.79. The van der Waals surface area contributed by atoms with Crippen molar-refractivity contribution in [3.8, 4) is 0 Å². The van der Waals surface area contributed by atoms with Gasteiger partial charge in [-0.15, -0.1) is 0 Å². The minimum absolute atomic E-state index is 0.0706. The van der Waals surface area contributed by atoms with Crippen LogP contribution in [0, 0.1) is 0 Å². The van der Waals surface area contributed by atoms with Crippen LogP contribution in [-0.2, 0) is 0 Å². The highest BCUT2D eigenvalue weighted by Crippen LogP contribution is 2.09. The largest absolute Gasteiger partial charge is 0.287 e. The third kappa shape index (κ3) is 0.504. The molecule has 3 heterocycles. The summed E-state index contributed by atoms with van der Waals surface area (Å²) in [5.74, 6) is 0. The molecule has 3 heteroatoms. The Balaban J connectivity index is 2.86. The van der Waals surface area contributed by atoms with E-state index in [4.69, 9.17) is 0 Å². The lowest BCUT2D eigenvalue weighted by Gasteiger charge is -1.95. The molecule has 0 amide bonds. The van der Waals surface area contributed by atoms with Gasteiger partial charge < -0.3 is 0 Å². The third-order valence-electron chi connectivity index (χ3n) is 2.14. The standard InChI is InChI=1S/C9H6N2O/c12-9-4-6-10-5-3-7-1-2-8(9)11(7)10/h1-6H. The summed E-state index contributed by atoms with van der Waals surface area (Å²) in [4.78, 5) is 11.3. The summed E-state index contributed by atoms with van der Waals surface area (Å²) in [5.41, 5.74) is 1.86. The zero-order valence-corrected chi connectivity index (χ0v) is 6.27. The Kier molecular flexibility index (Phi) is 0.821. The fourth-order valence-corrected chi connectivity index (χ4v) is 1.58. The van der Waals surface area contributed by atoms with Gasteiger partial charge in [0.25, 0.3) is 0 Å². The van der Waals surface area contributed by atoms with Crippen LogP contribution in [0.4, 0.5) is 0 Å². The number of hydrogen-bond acceptors (Lipinski definition) is 1. The molecule has 0 aliphatic heterocycles. The van der Waals surface area contributed by atoms with E-state index in [0.29, 0.717) is 0 Å². The first-order chi connectivity index (χ1) is 5.86. The SMILES string of the molecule is O=c1ccn2ccc3ccc1n32. The van der Waals surface area contributed by atoms with E-state index in [1.54, 1.807) is 12.3 Å². The highest BCUT2D eigenvalue weighted by atomic mass is 16.1. The minimum atomic E-state index is 0.0706. The molecule has 0 N–H and O–H groups in total. The molecule has 0 aromatic carbocycles. The van der Waals surface area contributed by atoms with Gasteiger partial charge in [0, 0.05) is 18.5 Å². The van der Waals surface area contributed by atoms with Crippen molar-refractivity contribution in [2.24, 2.45) is 0 Å². The van der Waals surface area contributed by atoms with Crippen LogP contribution < -0.4 is 5.43 Å². The lowest BCUT2D eigenvalue weighted by molar-refractivity contribution is 0.864. The summed E-state index contributed by atoms with van der Waals surface area (Å²) in [7, 11) is 0. The second kappa shape index (κ2) is 1.69. The highest BCUT2D eigenvalue weighted by molar-refractivity contribution is 5.61. The maximum Gasteiger partial charge on any atom is 0.205 e. The molecule has 12 heavy (non-hydrogen) atoms. The van der Waals surface area contributed by atoms with Gasteiger partial charge in [0.1, 0.15) is 5.52 Å². The molecule has 0 saturated carbocycles. The van der Waals surface area contributed by atoms with Gasteiger partial charge in [-0.05, 0) is 18.2 Å². The molecule has 3 aromatic heterocycles. The zero-order chi connectivity index (χ0) is 8.13. The molecular formula is C9H6N2O. The van der Waals surface area contributed by atoms with Crippen molar-refractivity contribution in [3.05, 3.63) is 46.9 Å². The van der Waals surface area contributed by atoms with Crippen molar-refractivity contribution in [2.75, 3.05) is 0 Å². The molecule has 0 radical (unpaired) electrons. The van der Waals surface area contributed by atoms with Crippen LogP contribution in [0.1, 0.15) is 0 Å². The van der Waals surface area contributed by atoms with E-state index < -0.39 is 0 Å². The Morgan fingerprint density at radius 2 is 1.83 bits per heavy atom. The Morgan fingerprint density at radius 3 is 2.75 bits per heavy atom. The summed E-state index contributed by atoms with van der Waals surface area (Å²) in [6.07, 6.45) is 3.70. The topological polar surface area (TPSA) is 25.9 Å². The van der Waals surface area contributed by atoms with E-state index in [9.17, 15) is 4.79 Å². The van der Waals surface area contributed by atoms with Crippen LogP contribution in [-0.4, -0.2) is 9.03 Å². The van der Waals surface area contributed by atoms with Crippen LogP contribution in [0.25, 0.3) is 11.0 Å². The number of nitrogens with zero attached hydrogens (tertiary/aromatic N) is 2. The molecule has 3 nitrogen and oxygen atoms in total. The first-order valence-electron chi connectivity index (χ1n) is 3.77. The zero-order valence-electron chi connectivity index (χ0n) is 6.27. The second-order valence-electron chi connectivity index (χ2n) is 2.83. The van der Waals surface area contributed by atoms with Crippen molar-refractivity contribution in [3.63, 3.8) is 0 Å². The normalized spacial score (nSPS) is 11.7. The van der Waals surface area contributed by atoms with E-state index >= 15 is 0 Å². The molecule has 3 rings (SSSR count). The fraction of sp³-hybridized carbons (Fsp3) is 0. The van der Waals surface area contributed by atoms with Crippen molar-refractivity contribution in [1.82, 2.24) is 9.03 Å². The maximum atomic E-state index is 11.3. The monoisotopic (exact) mass is 158 g/mol. The maximum absolute atomic E-state index is 11.3. The Hall–Kier alpha value is -1.77. The Bertz CT molecular complexity index is 590. The van der Waals surface area contributed by atoms with E-state index in [0.717, 1.165) is 11.0 Å². The average Bonchev–Trinajstić information content (AvgIpc) is 2.61. The van der Waals surface area contributed by atoms with E-state index in [2.05, 4.69) is 0 Å². The molecule has 0 bridgehead atoms. The highest BCUT2D eigenvalue weighted by Gasteiger charge is 2.03. The first-order valence-corrected chi connectivity index (χ1v) is 3.77. The van der Waals surface area contributed by atoms with E-state index in [1.807, 2.05) is 33.4 Å². The van der Waals surface area contributed by atoms with E-state index in [-0.39, 0.29) is 5.43 Å². The lowest BCUT2D eigenvalue weighted by Crippen LogP contribution is -2.06. The number of aromatic nitrogens is 2. The molecule has 0 fully saturated rings. The smallest absolute Gasteiger partial charge is 0.205 e. The van der Waals surface area contributed by atoms with Crippen LogP contribution >= 0.6 is 0 Å². The molecule has 58 valence electrons. The van der Waals surface area contributed by atoms with Crippen LogP contribution in [0.15, 0.2) is 41.5 Å². The van der Waals surface area contributed by atoms with Crippen molar-refractivity contribution >= 4 is 11.0 Å². The Morgan fingerprint density at radius 1 is 1.00 bits per heavy atom. The molecule has 0 saturated heterocycles. The van der Waals surface area contributed by atoms with Gasteiger partial charge in [-0.1, -0.05) is 0 Å². The molecule has 0 atom stereocenters. The predicted octanol–water partition coefficient (Wildman–Crippen LogP) is 0.990. The van der Waals surface area contributed by atoms with Crippen LogP contribution in [0.5, 0.6) is 0 Å². The second-order valence-corrected chi connectivity index (χ2v) is 2.83. The third-order valence-corrected chi connectivity index (χ3v) is 2.14. The van der Waals surface area contributed by atoms with Gasteiger partial charge in [0.15, 0.2) is 0 Å². The summed E-state index contributed by atoms with van der Waals surface area (Å²) in [6.45, 7) is 0. The van der Waals surface area contributed by atoms with Gasteiger partial charge >= 0.3 is 0 Å². The van der Waals surface area contributed by atoms with Gasteiger partial charge in [0.2, 0.25) is 5.43 Å². The number of hydrogen-bond donors (Lipinski definition) is 0. The summed E-state index contributed by atoms with van der Waals surface area (Å²) in [5, 5.41) is 0. The van der Waals surface area contributed by atoms with Crippen molar-refractivity contribution in [2.45, 2.75) is 0 Å². The van der Waals surface area contributed by atoms with Crippen molar-refractivity contribution in [1.29, 1.82) is 0 Å². The van der Waals surface area contributed by atoms with Crippen molar-refractivity contribution < 1.29 is 0 Å². The Labute approximate surface area is 67.8 Å². The minimum Gasteiger partial charge on any atom is -0.287 e. The van der Waals surface area contributed by atoms with E-state index in [1.165, 1.54) is 0 Å². The molecule has 0 aliphatic carbocycles. The van der Waals surface area contributed by atoms with Crippen LogP contribution in [0.2, 0.25) is 0 Å². The molecule has 3 aromatic rings. The quantitative estimate of drug-likeness (QED) is 0.479. The van der Waals surface area contributed by atoms with Gasteiger partial charge in [-0.2, -0.15) is 0 Å². The average molecular weight is 158 g/mol.